The fourth-order valence-corrected chi connectivity index (χ4v) is 4.62. The van der Waals surface area contributed by atoms with Gasteiger partial charge in [0.2, 0.25) is 11.8 Å². The number of aromatic nitrogens is 1. The molecule has 170 valence electrons. The normalized spacial score (nSPS) is 18.4. The van der Waals surface area contributed by atoms with Crippen LogP contribution in [0, 0.1) is 0 Å². The highest BCUT2D eigenvalue weighted by Crippen LogP contribution is 2.35. The number of pyridine rings is 1. The van der Waals surface area contributed by atoms with Gasteiger partial charge in [-0.05, 0) is 49.8 Å². The molecule has 0 saturated carbocycles. The van der Waals surface area contributed by atoms with E-state index in [0.717, 1.165) is 32.6 Å². The molecule has 0 bridgehead atoms. The Morgan fingerprint density at radius 3 is 2.26 bits per heavy atom. The van der Waals surface area contributed by atoms with E-state index in [1.54, 1.807) is 14.2 Å². The summed E-state index contributed by atoms with van der Waals surface area (Å²) in [5.74, 6) is 1.73. The molecule has 0 amide bonds. The second-order valence-corrected chi connectivity index (χ2v) is 9.77. The van der Waals surface area contributed by atoms with E-state index in [4.69, 9.17) is 9.47 Å². The van der Waals surface area contributed by atoms with Crippen LogP contribution in [0.25, 0.3) is 0 Å². The van der Waals surface area contributed by atoms with Crippen LogP contribution >= 0.6 is 0 Å². The molecule has 2 aromatic rings. The molecule has 1 saturated heterocycles. The molecule has 0 N–H and O–H groups in total. The Morgan fingerprint density at radius 1 is 1.03 bits per heavy atom. The Bertz CT molecular complexity index is 838. The number of ether oxygens (including phenoxy) is 2. The number of benzene rings is 1. The highest BCUT2D eigenvalue weighted by Gasteiger charge is 2.35. The number of methoxy groups -OCH3 is 2. The Morgan fingerprint density at radius 2 is 1.68 bits per heavy atom. The quantitative estimate of drug-likeness (QED) is 0.629. The smallest absolute Gasteiger partial charge is 0.216 e. The van der Waals surface area contributed by atoms with Gasteiger partial charge in [-0.2, -0.15) is 4.98 Å². The van der Waals surface area contributed by atoms with Crippen molar-refractivity contribution in [2.45, 2.75) is 58.5 Å². The lowest BCUT2D eigenvalue weighted by atomic mass is 9.88. The van der Waals surface area contributed by atoms with E-state index < -0.39 is 0 Å². The van der Waals surface area contributed by atoms with Gasteiger partial charge in [-0.3, -0.25) is 9.80 Å². The average Bonchev–Trinajstić information content (AvgIpc) is 2.76. The van der Waals surface area contributed by atoms with E-state index in [9.17, 15) is 0 Å². The molecular weight excluding hydrogens is 386 g/mol. The van der Waals surface area contributed by atoms with Crippen molar-refractivity contribution >= 4 is 0 Å². The largest absolute Gasteiger partial charge is 0.481 e. The van der Waals surface area contributed by atoms with Gasteiger partial charge >= 0.3 is 0 Å². The highest BCUT2D eigenvalue weighted by molar-refractivity contribution is 5.34. The van der Waals surface area contributed by atoms with Crippen LogP contribution < -0.4 is 9.47 Å². The Hall–Kier alpha value is -2.11. The molecule has 1 aliphatic rings. The van der Waals surface area contributed by atoms with Crippen LogP contribution in [0.1, 0.15) is 63.3 Å². The zero-order chi connectivity index (χ0) is 22.6. The van der Waals surface area contributed by atoms with Crippen molar-refractivity contribution in [2.75, 3.05) is 40.4 Å². The van der Waals surface area contributed by atoms with Gasteiger partial charge in [-0.15, -0.1) is 0 Å². The van der Waals surface area contributed by atoms with E-state index in [-0.39, 0.29) is 5.54 Å². The second-order valence-electron chi connectivity index (χ2n) is 9.77. The van der Waals surface area contributed by atoms with Gasteiger partial charge in [0.15, 0.2) is 0 Å². The van der Waals surface area contributed by atoms with E-state index in [1.165, 1.54) is 16.7 Å². The molecule has 5 heteroatoms. The first-order valence-electron chi connectivity index (χ1n) is 11.4. The van der Waals surface area contributed by atoms with Crippen LogP contribution in [0.4, 0.5) is 0 Å². The fourth-order valence-electron chi connectivity index (χ4n) is 4.62. The van der Waals surface area contributed by atoms with Gasteiger partial charge in [0.1, 0.15) is 0 Å². The lowest BCUT2D eigenvalue weighted by Crippen LogP contribution is -2.55. The van der Waals surface area contributed by atoms with Gasteiger partial charge < -0.3 is 9.47 Å². The van der Waals surface area contributed by atoms with Crippen LogP contribution in [-0.2, 0) is 6.42 Å². The molecule has 1 atom stereocenters. The maximum Gasteiger partial charge on any atom is 0.216 e. The first-order valence-corrected chi connectivity index (χ1v) is 11.4. The third-order valence-electron chi connectivity index (χ3n) is 6.28. The minimum atomic E-state index is 0.132. The van der Waals surface area contributed by atoms with Crippen LogP contribution in [0.15, 0.2) is 36.4 Å². The SMILES string of the molecule is COc1cc(CCN2CCN(C(C)(C)C)C(c3ccccc3C(C)C)C2)cc(OC)n1. The molecule has 0 aliphatic carbocycles. The summed E-state index contributed by atoms with van der Waals surface area (Å²) in [6.45, 7) is 15.8. The summed E-state index contributed by atoms with van der Waals surface area (Å²) in [5.41, 5.74) is 4.27. The molecule has 2 heterocycles. The molecule has 1 fully saturated rings. The first kappa shape index (κ1) is 23.6. The molecule has 1 aromatic heterocycles. The Kier molecular flexibility index (Phi) is 7.60. The molecule has 31 heavy (non-hydrogen) atoms. The highest BCUT2D eigenvalue weighted by atomic mass is 16.5. The van der Waals surface area contributed by atoms with Crippen molar-refractivity contribution < 1.29 is 9.47 Å². The number of rotatable bonds is 7. The zero-order valence-electron chi connectivity index (χ0n) is 20.3. The summed E-state index contributed by atoms with van der Waals surface area (Å²) >= 11 is 0. The summed E-state index contributed by atoms with van der Waals surface area (Å²) in [4.78, 5) is 9.60. The Labute approximate surface area is 188 Å². The number of piperazine rings is 1. The summed E-state index contributed by atoms with van der Waals surface area (Å²) in [6.07, 6.45) is 0.948. The van der Waals surface area contributed by atoms with E-state index >= 15 is 0 Å². The van der Waals surface area contributed by atoms with Crippen LogP contribution in [0.5, 0.6) is 11.8 Å². The molecule has 5 nitrogen and oxygen atoms in total. The summed E-state index contributed by atoms with van der Waals surface area (Å²) in [6, 6.07) is 13.4. The van der Waals surface area contributed by atoms with Crippen molar-refractivity contribution in [3.05, 3.63) is 53.1 Å². The van der Waals surface area contributed by atoms with Crippen molar-refractivity contribution in [3.63, 3.8) is 0 Å². The maximum absolute atomic E-state index is 5.34. The predicted molar refractivity (Wildman–Crippen MR) is 127 cm³/mol. The molecule has 3 rings (SSSR count). The van der Waals surface area contributed by atoms with Crippen LogP contribution in [0.3, 0.4) is 0 Å². The molecule has 0 radical (unpaired) electrons. The van der Waals surface area contributed by atoms with Crippen molar-refractivity contribution in [1.82, 2.24) is 14.8 Å². The third kappa shape index (κ3) is 5.78. The number of nitrogens with zero attached hydrogens (tertiary/aromatic N) is 3. The minimum Gasteiger partial charge on any atom is -0.481 e. The molecule has 1 aromatic carbocycles. The summed E-state index contributed by atoms with van der Waals surface area (Å²) in [5, 5.41) is 0. The van der Waals surface area contributed by atoms with Gasteiger partial charge in [0.05, 0.1) is 14.2 Å². The van der Waals surface area contributed by atoms with Gasteiger partial charge in [-0.1, -0.05) is 38.1 Å². The molecule has 1 aliphatic heterocycles. The van der Waals surface area contributed by atoms with Crippen molar-refractivity contribution in [1.29, 1.82) is 0 Å². The molecule has 0 spiro atoms. The maximum atomic E-state index is 5.34. The second kappa shape index (κ2) is 10.0. The standard InChI is InChI=1S/C26H39N3O2/c1-19(2)21-10-8-9-11-22(21)23-18-28(14-15-29(23)26(3,4)5)13-12-20-16-24(30-6)27-25(17-20)31-7/h8-11,16-17,19,23H,12-15,18H2,1-7H3. The Balaban J connectivity index is 1.80. The first-order chi connectivity index (χ1) is 14.7. The lowest BCUT2D eigenvalue weighted by molar-refractivity contribution is 0.00882. The van der Waals surface area contributed by atoms with Crippen molar-refractivity contribution in [3.8, 4) is 11.8 Å². The van der Waals surface area contributed by atoms with E-state index in [0.29, 0.717) is 23.7 Å². The number of hydrogen-bond acceptors (Lipinski definition) is 5. The monoisotopic (exact) mass is 425 g/mol. The molecule has 1 unspecified atom stereocenters. The zero-order valence-corrected chi connectivity index (χ0v) is 20.3. The summed E-state index contributed by atoms with van der Waals surface area (Å²) < 4.78 is 10.7. The summed E-state index contributed by atoms with van der Waals surface area (Å²) in [7, 11) is 3.29. The topological polar surface area (TPSA) is 37.8 Å². The minimum absolute atomic E-state index is 0.132. The fraction of sp³-hybridized carbons (Fsp3) is 0.577. The number of hydrogen-bond donors (Lipinski definition) is 0. The van der Waals surface area contributed by atoms with Crippen molar-refractivity contribution in [2.24, 2.45) is 0 Å². The van der Waals surface area contributed by atoms with E-state index in [2.05, 4.69) is 73.7 Å². The lowest BCUT2D eigenvalue weighted by Gasteiger charge is -2.49. The van der Waals surface area contributed by atoms with Gasteiger partial charge in [0, 0.05) is 49.9 Å². The predicted octanol–water partition coefficient (Wildman–Crippen LogP) is 4.92. The third-order valence-corrected chi connectivity index (χ3v) is 6.28. The van der Waals surface area contributed by atoms with E-state index in [1.807, 2.05) is 12.1 Å². The van der Waals surface area contributed by atoms with Gasteiger partial charge in [-0.25, -0.2) is 0 Å². The average molecular weight is 426 g/mol. The van der Waals surface area contributed by atoms with Crippen LogP contribution in [-0.4, -0.2) is 60.7 Å². The molecular formula is C26H39N3O2. The van der Waals surface area contributed by atoms with Crippen LogP contribution in [0.2, 0.25) is 0 Å². The van der Waals surface area contributed by atoms with Gasteiger partial charge in [0.25, 0.3) is 0 Å².